The lowest BCUT2D eigenvalue weighted by atomic mass is 10.1. The van der Waals surface area contributed by atoms with Gasteiger partial charge in [-0.05, 0) is 26.0 Å². The average Bonchev–Trinajstić information content (AvgIpc) is 2.16. The number of esters is 1. The molecule has 0 unspecified atom stereocenters. The van der Waals surface area contributed by atoms with E-state index in [-0.39, 0.29) is 18.3 Å². The molecule has 1 rings (SSSR count). The number of carbonyl (C=O) groups excluding carboxylic acids is 2. The summed E-state index contributed by atoms with van der Waals surface area (Å²) in [5, 5.41) is 0.352. The molecule has 0 bridgehead atoms. The minimum atomic E-state index is -0.528. The molecule has 0 atom stereocenters. The lowest BCUT2D eigenvalue weighted by Gasteiger charge is -2.07. The number of hydrogen-bond donors (Lipinski definition) is 0. The Kier molecular flexibility index (Phi) is 4.50. The van der Waals surface area contributed by atoms with Gasteiger partial charge in [0, 0.05) is 5.56 Å². The maximum absolute atomic E-state index is 11.7. The molecule has 4 heteroatoms. The molecular weight excluding hydrogens is 228 g/mol. The van der Waals surface area contributed by atoms with Crippen molar-refractivity contribution in [1.29, 1.82) is 0 Å². The van der Waals surface area contributed by atoms with E-state index in [0.717, 1.165) is 0 Å². The van der Waals surface area contributed by atoms with Crippen molar-refractivity contribution >= 4 is 23.4 Å². The van der Waals surface area contributed by atoms with Crippen molar-refractivity contribution in [2.24, 2.45) is 0 Å². The van der Waals surface area contributed by atoms with E-state index in [1.165, 1.54) is 0 Å². The van der Waals surface area contributed by atoms with E-state index in [4.69, 9.17) is 16.3 Å². The Morgan fingerprint density at radius 2 is 1.94 bits per heavy atom. The van der Waals surface area contributed by atoms with Crippen molar-refractivity contribution in [2.45, 2.75) is 26.4 Å². The molecule has 0 saturated carbocycles. The Labute approximate surface area is 99.4 Å². The van der Waals surface area contributed by atoms with Crippen LogP contribution in [0.1, 0.15) is 30.6 Å². The summed E-state index contributed by atoms with van der Waals surface area (Å²) in [6.07, 6.45) is -0.492. The fraction of sp³-hybridized carbons (Fsp3) is 0.333. The molecule has 0 aliphatic rings. The summed E-state index contributed by atoms with van der Waals surface area (Å²) in [5.41, 5.74) is 0.352. The van der Waals surface area contributed by atoms with Gasteiger partial charge >= 0.3 is 5.97 Å². The first-order chi connectivity index (χ1) is 7.50. The molecule has 0 heterocycles. The van der Waals surface area contributed by atoms with E-state index in [1.807, 2.05) is 0 Å². The number of benzene rings is 1. The monoisotopic (exact) mass is 240 g/mol. The normalized spacial score (nSPS) is 10.2. The highest BCUT2D eigenvalue weighted by atomic mass is 35.5. The molecule has 0 aromatic heterocycles. The molecule has 0 amide bonds. The third-order valence-corrected chi connectivity index (χ3v) is 2.18. The topological polar surface area (TPSA) is 43.4 Å². The number of hydrogen-bond acceptors (Lipinski definition) is 3. The maximum atomic E-state index is 11.7. The highest BCUT2D eigenvalue weighted by Gasteiger charge is 2.15. The van der Waals surface area contributed by atoms with Gasteiger partial charge in [0.1, 0.15) is 6.42 Å². The van der Waals surface area contributed by atoms with Crippen LogP contribution < -0.4 is 0 Å². The summed E-state index contributed by atoms with van der Waals surface area (Å²) in [6.45, 7) is 3.47. The Balaban J connectivity index is 2.66. The summed E-state index contributed by atoms with van der Waals surface area (Å²) in [7, 11) is 0. The smallest absolute Gasteiger partial charge is 0.313 e. The number of Topliss-reactive ketones (excluding diaryl/α,β-unsaturated/α-hetero) is 1. The number of halogens is 1. The van der Waals surface area contributed by atoms with E-state index < -0.39 is 5.97 Å². The Morgan fingerprint density at radius 1 is 1.31 bits per heavy atom. The standard InChI is InChI=1S/C12H13ClO3/c1-8(2)16-12(15)7-11(14)9-5-3-4-6-10(9)13/h3-6,8H,7H2,1-2H3. The highest BCUT2D eigenvalue weighted by Crippen LogP contribution is 2.16. The zero-order valence-corrected chi connectivity index (χ0v) is 9.95. The molecular formula is C12H13ClO3. The van der Waals surface area contributed by atoms with Crippen LogP contribution in [0.4, 0.5) is 0 Å². The van der Waals surface area contributed by atoms with Crippen molar-refractivity contribution in [2.75, 3.05) is 0 Å². The molecule has 86 valence electrons. The first kappa shape index (κ1) is 12.7. The zero-order valence-electron chi connectivity index (χ0n) is 9.20. The second-order valence-electron chi connectivity index (χ2n) is 3.62. The van der Waals surface area contributed by atoms with E-state index in [1.54, 1.807) is 38.1 Å². The predicted molar refractivity (Wildman–Crippen MR) is 61.6 cm³/mol. The van der Waals surface area contributed by atoms with E-state index >= 15 is 0 Å². The van der Waals surface area contributed by atoms with Crippen LogP contribution in [-0.2, 0) is 9.53 Å². The van der Waals surface area contributed by atoms with Gasteiger partial charge in [0.05, 0.1) is 11.1 Å². The quantitative estimate of drug-likeness (QED) is 0.462. The van der Waals surface area contributed by atoms with Crippen LogP contribution in [0.15, 0.2) is 24.3 Å². The maximum Gasteiger partial charge on any atom is 0.313 e. The molecule has 0 radical (unpaired) electrons. The van der Waals surface area contributed by atoms with Crippen molar-refractivity contribution in [1.82, 2.24) is 0 Å². The Hall–Kier alpha value is -1.35. The van der Waals surface area contributed by atoms with E-state index in [9.17, 15) is 9.59 Å². The summed E-state index contributed by atoms with van der Waals surface area (Å²) in [6, 6.07) is 6.63. The SMILES string of the molecule is CC(C)OC(=O)CC(=O)c1ccccc1Cl. The van der Waals surface area contributed by atoms with Crippen LogP contribution in [0.25, 0.3) is 0 Å². The molecule has 0 spiro atoms. The third kappa shape index (κ3) is 3.66. The largest absolute Gasteiger partial charge is 0.463 e. The number of ketones is 1. The fourth-order valence-corrected chi connectivity index (χ4v) is 1.46. The van der Waals surface area contributed by atoms with Gasteiger partial charge in [-0.1, -0.05) is 23.7 Å². The molecule has 0 N–H and O–H groups in total. The van der Waals surface area contributed by atoms with Crippen LogP contribution in [0.5, 0.6) is 0 Å². The summed E-state index contributed by atoms with van der Waals surface area (Å²) in [5.74, 6) is -0.851. The molecule has 0 fully saturated rings. The lowest BCUT2D eigenvalue weighted by molar-refractivity contribution is -0.146. The first-order valence-electron chi connectivity index (χ1n) is 4.98. The van der Waals surface area contributed by atoms with Gasteiger partial charge in [0.25, 0.3) is 0 Å². The molecule has 0 aliphatic heterocycles. The van der Waals surface area contributed by atoms with Gasteiger partial charge < -0.3 is 4.74 Å². The minimum absolute atomic E-state index is 0.216. The second kappa shape index (κ2) is 5.66. The fourth-order valence-electron chi connectivity index (χ4n) is 1.22. The molecule has 1 aromatic rings. The molecule has 0 aliphatic carbocycles. The van der Waals surface area contributed by atoms with Crippen molar-refractivity contribution in [3.8, 4) is 0 Å². The number of ether oxygens (including phenoxy) is 1. The highest BCUT2D eigenvalue weighted by molar-refractivity contribution is 6.34. The van der Waals surface area contributed by atoms with E-state index in [0.29, 0.717) is 10.6 Å². The van der Waals surface area contributed by atoms with Crippen LogP contribution in [-0.4, -0.2) is 17.9 Å². The summed E-state index contributed by atoms with van der Waals surface area (Å²) >= 11 is 5.84. The number of carbonyl (C=O) groups is 2. The Bertz CT molecular complexity index is 399. The van der Waals surface area contributed by atoms with Crippen molar-refractivity contribution in [3.05, 3.63) is 34.9 Å². The number of rotatable bonds is 4. The first-order valence-corrected chi connectivity index (χ1v) is 5.35. The van der Waals surface area contributed by atoms with Gasteiger partial charge in [-0.2, -0.15) is 0 Å². The molecule has 3 nitrogen and oxygen atoms in total. The van der Waals surface area contributed by atoms with Gasteiger partial charge in [0.15, 0.2) is 5.78 Å². The lowest BCUT2D eigenvalue weighted by Crippen LogP contribution is -2.15. The summed E-state index contributed by atoms with van der Waals surface area (Å²) < 4.78 is 4.88. The van der Waals surface area contributed by atoms with Crippen molar-refractivity contribution < 1.29 is 14.3 Å². The van der Waals surface area contributed by atoms with Crippen LogP contribution in [0, 0.1) is 0 Å². The van der Waals surface area contributed by atoms with Gasteiger partial charge in [-0.15, -0.1) is 0 Å². The molecule has 16 heavy (non-hydrogen) atoms. The van der Waals surface area contributed by atoms with Gasteiger partial charge in [-0.25, -0.2) is 0 Å². The Morgan fingerprint density at radius 3 is 2.50 bits per heavy atom. The molecule has 0 saturated heterocycles. The second-order valence-corrected chi connectivity index (χ2v) is 4.03. The average molecular weight is 241 g/mol. The third-order valence-electron chi connectivity index (χ3n) is 1.85. The predicted octanol–water partition coefficient (Wildman–Crippen LogP) is 2.86. The summed E-state index contributed by atoms with van der Waals surface area (Å²) in [4.78, 5) is 22.9. The van der Waals surface area contributed by atoms with Crippen molar-refractivity contribution in [3.63, 3.8) is 0 Å². The zero-order chi connectivity index (χ0) is 12.1. The van der Waals surface area contributed by atoms with Gasteiger partial charge in [0.2, 0.25) is 0 Å². The van der Waals surface area contributed by atoms with E-state index in [2.05, 4.69) is 0 Å². The minimum Gasteiger partial charge on any atom is -0.463 e. The van der Waals surface area contributed by atoms with Crippen LogP contribution in [0.3, 0.4) is 0 Å². The van der Waals surface area contributed by atoms with Gasteiger partial charge in [-0.3, -0.25) is 9.59 Å². The molecule has 1 aromatic carbocycles. The van der Waals surface area contributed by atoms with Crippen LogP contribution in [0.2, 0.25) is 5.02 Å². The van der Waals surface area contributed by atoms with Crippen LogP contribution >= 0.6 is 11.6 Å².